The average Bonchev–Trinajstić information content (AvgIpc) is 4.12. The fraction of sp³-hybridized carbons (Fsp3) is 0.415. The third-order valence-corrected chi connectivity index (χ3v) is 13.3. The van der Waals surface area contributed by atoms with Crippen molar-refractivity contribution in [1.29, 1.82) is 0 Å². The van der Waals surface area contributed by atoms with Crippen LogP contribution in [0.5, 0.6) is 5.75 Å². The Hall–Kier alpha value is -7.58. The molecule has 8 rings (SSSR count). The van der Waals surface area contributed by atoms with Gasteiger partial charge in [0.15, 0.2) is 0 Å². The van der Waals surface area contributed by atoms with Gasteiger partial charge < -0.3 is 44.6 Å². The van der Waals surface area contributed by atoms with Gasteiger partial charge >= 0.3 is 42.2 Å². The summed E-state index contributed by atoms with van der Waals surface area (Å²) < 4.78 is 116. The largest absolute Gasteiger partial charge is 0.508 e. The minimum atomic E-state index is -5.08. The van der Waals surface area contributed by atoms with E-state index in [1.807, 2.05) is 23.1 Å². The zero-order valence-electron chi connectivity index (χ0n) is 43.7. The van der Waals surface area contributed by atoms with Crippen molar-refractivity contribution in [3.63, 3.8) is 0 Å². The Kier molecular flexibility index (Phi) is 20.8. The number of amides is 5. The van der Waals surface area contributed by atoms with Crippen LogP contribution in [-0.2, 0) is 14.3 Å². The molecule has 2 unspecified atom stereocenters. The number of carboxylic acids is 2. The van der Waals surface area contributed by atoms with Crippen LogP contribution in [0.1, 0.15) is 43.5 Å². The second kappa shape index (κ2) is 26.4. The minimum Gasteiger partial charge on any atom is -0.508 e. The molecule has 0 spiro atoms. The van der Waals surface area contributed by atoms with Gasteiger partial charge in [-0.15, -0.1) is 0 Å². The Morgan fingerprint density at radius 3 is 1.73 bits per heavy atom. The molecule has 3 aromatic rings. The van der Waals surface area contributed by atoms with E-state index in [-0.39, 0.29) is 60.6 Å². The van der Waals surface area contributed by atoms with Gasteiger partial charge in [-0.1, -0.05) is 56.4 Å². The number of nitrogens with zero attached hydrogens (tertiary/aromatic N) is 5. The molecule has 0 saturated carbocycles. The number of likely N-dealkylation sites (N-methyl/N-ethyl adjacent to an activating group) is 2. The van der Waals surface area contributed by atoms with Crippen LogP contribution in [-0.4, -0.2) is 186 Å². The van der Waals surface area contributed by atoms with Gasteiger partial charge in [0, 0.05) is 43.6 Å². The number of carbonyl (C=O) groups is 5. The van der Waals surface area contributed by atoms with Crippen molar-refractivity contribution in [2.24, 2.45) is 5.41 Å². The van der Waals surface area contributed by atoms with E-state index in [1.54, 1.807) is 30.2 Å². The van der Waals surface area contributed by atoms with Gasteiger partial charge in [-0.2, -0.15) is 27.0 Å². The monoisotopic (exact) mass is 1130 g/mol. The van der Waals surface area contributed by atoms with Crippen molar-refractivity contribution >= 4 is 41.2 Å². The van der Waals surface area contributed by atoms with Crippen molar-refractivity contribution in [2.45, 2.75) is 45.0 Å². The Morgan fingerprint density at radius 1 is 0.747 bits per heavy atom. The number of hydrogen-bond acceptors (Lipinski definition) is 8. The summed E-state index contributed by atoms with van der Waals surface area (Å²) in [6, 6.07) is 11.7. The normalized spacial score (nSPS) is 19.2. The number of hydroxylamine groups is 2. The highest BCUT2D eigenvalue weighted by Crippen LogP contribution is 2.42. The zero-order chi connectivity index (χ0) is 58.7. The number of urea groups is 2. The van der Waals surface area contributed by atoms with Gasteiger partial charge in [-0.3, -0.25) is 4.90 Å². The molecule has 26 heteroatoms. The van der Waals surface area contributed by atoms with Crippen LogP contribution in [0.2, 0.25) is 0 Å². The maximum absolute atomic E-state index is 14.5. The molecule has 0 aromatic heterocycles. The molecule has 6 N–H and O–H groups in total. The van der Waals surface area contributed by atoms with Crippen molar-refractivity contribution in [2.75, 3.05) is 92.7 Å². The molecule has 1 aliphatic carbocycles. The minimum absolute atomic E-state index is 0.0163. The van der Waals surface area contributed by atoms with Gasteiger partial charge in [0.2, 0.25) is 0 Å². The number of alkyl halides is 5. The van der Waals surface area contributed by atoms with E-state index in [0.717, 1.165) is 49.0 Å². The number of phenolic OH excluding ortho intramolecular Hbond substituents is 1. The van der Waals surface area contributed by atoms with E-state index in [0.29, 0.717) is 68.0 Å². The maximum atomic E-state index is 14.5. The van der Waals surface area contributed by atoms with Crippen LogP contribution in [0.3, 0.4) is 0 Å². The molecule has 17 nitrogen and oxygen atoms in total. The van der Waals surface area contributed by atoms with Crippen molar-refractivity contribution in [3.8, 4) is 5.75 Å². The Labute approximate surface area is 448 Å². The SMILES string of the molecule is CC(F)(F)C(=O)O.CN(CCOC(=O)N1CC[NH+](O)CC1)C(=O)N1CC(c2cc(F)ccc2F)=CC1c1cccc(O)c1.C[NH+]1CCN(C(=O)N2CC(c3cc(F)ccc3F)=CC2C2=CC=CC2(C)C)CC1.O=C(O)C(F)(F)F. The smallest absolute Gasteiger partial charge is 0.490 e. The summed E-state index contributed by atoms with van der Waals surface area (Å²) in [4.78, 5) is 66.7. The molecule has 430 valence electrons. The molecule has 4 aliphatic heterocycles. The molecule has 3 aromatic carbocycles. The summed E-state index contributed by atoms with van der Waals surface area (Å²) in [5.74, 6) is -10.6. The Balaban J connectivity index is 0.000000237. The standard InChI is InChI=1S/C25H28F2N4O5.C23H27F2N3O.C3H4F2O2.C2HF3O2/c1-28(11-12-36-25(34)29-7-9-30(35)10-8-29)24(33)31-16-18(21-15-19(26)5-6-22(21)27)14-23(31)17-3-2-4-20(32)13-17;1-23(2)8-4-5-19(23)21-13-16(18-14-17(24)6-7-20(18)25)15-28(21)22(29)27-11-9-26(3)10-12-27;1-3(4,5)2(6)7;3-2(4,5)1(6)7/h2-6,13-15,23,32,35H,7-12,16H2,1H3;4-8,13-14,21H,9-12,15H2,1-3H3;1H3,(H,6,7);(H,6,7)/p+2. The third kappa shape index (κ3) is 17.0. The summed E-state index contributed by atoms with van der Waals surface area (Å²) in [6.07, 6.45) is 4.18. The number of ether oxygens (including phenoxy) is 1. The summed E-state index contributed by atoms with van der Waals surface area (Å²) in [5, 5.41) is 34.4. The quantitative estimate of drug-likeness (QED) is 0.151. The molecule has 0 bridgehead atoms. The number of carboxylic acid groups (broad SMARTS) is 2. The van der Waals surface area contributed by atoms with E-state index in [2.05, 4.69) is 27.0 Å². The highest BCUT2D eigenvalue weighted by molar-refractivity contribution is 5.84. The number of aliphatic carboxylic acids is 2. The second-order valence-electron chi connectivity index (χ2n) is 19.7. The molecular weight excluding hydrogens is 1070 g/mol. The van der Waals surface area contributed by atoms with Gasteiger partial charge in [0.1, 0.15) is 48.7 Å². The van der Waals surface area contributed by atoms with E-state index in [1.165, 1.54) is 37.8 Å². The highest BCUT2D eigenvalue weighted by Gasteiger charge is 2.41. The Bertz CT molecular complexity index is 2800. The first-order valence-electron chi connectivity index (χ1n) is 24.6. The number of nitrogens with one attached hydrogen (secondary N) is 2. The fourth-order valence-electron chi connectivity index (χ4n) is 8.75. The molecule has 2 saturated heterocycles. The summed E-state index contributed by atoms with van der Waals surface area (Å²) in [6.45, 7) is 9.77. The number of piperazine rings is 2. The number of quaternary nitrogens is 2. The molecule has 2 atom stereocenters. The van der Waals surface area contributed by atoms with Gasteiger partial charge in [0.25, 0.3) is 0 Å². The van der Waals surface area contributed by atoms with E-state index in [4.69, 9.17) is 19.7 Å². The molecule has 5 amide bonds. The van der Waals surface area contributed by atoms with Crippen LogP contribution in [0.15, 0.2) is 96.6 Å². The number of allylic oxidation sites excluding steroid dienone is 3. The second-order valence-corrected chi connectivity index (χ2v) is 19.7. The lowest BCUT2D eigenvalue weighted by Gasteiger charge is -2.37. The number of hydrogen-bond donors (Lipinski definition) is 6. The van der Waals surface area contributed by atoms with E-state index < -0.39 is 65.5 Å². The highest BCUT2D eigenvalue weighted by atomic mass is 19.4. The summed E-state index contributed by atoms with van der Waals surface area (Å²) in [7, 11) is 3.69. The number of benzene rings is 3. The fourth-order valence-corrected chi connectivity index (χ4v) is 8.75. The lowest BCUT2D eigenvalue weighted by atomic mass is 9.82. The molecular formula is C53H62F9N7O10+2. The van der Waals surface area contributed by atoms with Crippen LogP contribution in [0.4, 0.5) is 53.9 Å². The number of phenols is 1. The van der Waals surface area contributed by atoms with Crippen molar-refractivity contribution in [3.05, 3.63) is 137 Å². The maximum Gasteiger partial charge on any atom is 0.490 e. The van der Waals surface area contributed by atoms with Gasteiger partial charge in [-0.05, 0) is 70.8 Å². The lowest BCUT2D eigenvalue weighted by molar-refractivity contribution is -1.09. The number of carbonyl (C=O) groups excluding carboxylic acids is 3. The number of aromatic hydroxyl groups is 1. The zero-order valence-corrected chi connectivity index (χ0v) is 43.7. The first-order valence-corrected chi connectivity index (χ1v) is 24.6. The summed E-state index contributed by atoms with van der Waals surface area (Å²) in [5.41, 5.74) is 2.91. The van der Waals surface area contributed by atoms with Crippen LogP contribution < -0.4 is 9.96 Å². The lowest BCUT2D eigenvalue weighted by Crippen LogP contribution is -3.12. The molecule has 4 heterocycles. The van der Waals surface area contributed by atoms with E-state index in [9.17, 15) is 69.0 Å². The topological polar surface area (TPSA) is 201 Å². The van der Waals surface area contributed by atoms with Gasteiger partial charge in [0.05, 0.1) is 64.9 Å². The van der Waals surface area contributed by atoms with Crippen molar-refractivity contribution < 1.29 is 98.7 Å². The molecule has 0 radical (unpaired) electrons. The molecule has 2 fully saturated rings. The average molecular weight is 1130 g/mol. The Morgan fingerprint density at radius 2 is 1.25 bits per heavy atom. The van der Waals surface area contributed by atoms with Gasteiger partial charge in [-0.25, -0.2) is 46.7 Å². The number of halogens is 9. The first-order chi connectivity index (χ1) is 36.9. The molecule has 5 aliphatic rings. The first kappa shape index (κ1) is 62.3. The molecule has 79 heavy (non-hydrogen) atoms. The number of rotatable bonds is 8. The van der Waals surface area contributed by atoms with Crippen LogP contribution in [0.25, 0.3) is 11.1 Å². The third-order valence-electron chi connectivity index (χ3n) is 13.3. The summed E-state index contributed by atoms with van der Waals surface area (Å²) >= 11 is 0. The van der Waals surface area contributed by atoms with Crippen LogP contribution in [0, 0.1) is 28.7 Å². The van der Waals surface area contributed by atoms with Crippen LogP contribution >= 0.6 is 0 Å². The van der Waals surface area contributed by atoms with Crippen molar-refractivity contribution in [1.82, 2.24) is 24.5 Å². The van der Waals surface area contributed by atoms with E-state index >= 15 is 0 Å². The predicted octanol–water partition coefficient (Wildman–Crippen LogP) is 5.75. The predicted molar refractivity (Wildman–Crippen MR) is 267 cm³/mol.